The van der Waals surface area contributed by atoms with Crippen molar-refractivity contribution in [2.75, 3.05) is 0 Å². The Labute approximate surface area is 160 Å². The predicted octanol–water partition coefficient (Wildman–Crippen LogP) is 6.86. The Morgan fingerprint density at radius 1 is 0.923 bits per heavy atom. The van der Waals surface area contributed by atoms with Crippen molar-refractivity contribution in [1.82, 2.24) is 9.97 Å². The summed E-state index contributed by atoms with van der Waals surface area (Å²) in [7, 11) is 0. The summed E-state index contributed by atoms with van der Waals surface area (Å²) in [6.45, 7) is 11.8. The van der Waals surface area contributed by atoms with Crippen molar-refractivity contribution in [2.45, 2.75) is 6.92 Å². The Morgan fingerprint density at radius 3 is 2.15 bits per heavy atom. The van der Waals surface area contributed by atoms with E-state index in [1.54, 1.807) is 6.07 Å². The van der Waals surface area contributed by atoms with E-state index in [1.807, 2.05) is 73.7 Å². The van der Waals surface area contributed by atoms with E-state index in [-0.39, 0.29) is 0 Å². The Balaban J connectivity index is 0.00000117. The van der Waals surface area contributed by atoms with E-state index in [0.29, 0.717) is 11.0 Å². The van der Waals surface area contributed by atoms with Crippen LogP contribution in [0.5, 0.6) is 0 Å². The molecular formula is C23H21ClN2. The van der Waals surface area contributed by atoms with Gasteiger partial charge in [-0.05, 0) is 18.1 Å². The molecule has 1 heterocycles. The van der Waals surface area contributed by atoms with E-state index in [4.69, 9.17) is 11.6 Å². The number of hydrogen-bond donors (Lipinski definition) is 0. The molecule has 130 valence electrons. The molecule has 0 fully saturated rings. The molecule has 0 aliphatic carbocycles. The summed E-state index contributed by atoms with van der Waals surface area (Å²) in [5.41, 5.74) is 4.97. The van der Waals surface area contributed by atoms with Crippen molar-refractivity contribution in [2.24, 2.45) is 0 Å². The fourth-order valence-corrected chi connectivity index (χ4v) is 2.70. The molecule has 0 bridgehead atoms. The van der Waals surface area contributed by atoms with Crippen molar-refractivity contribution < 1.29 is 0 Å². The lowest BCUT2D eigenvalue weighted by Crippen LogP contribution is -1.93. The lowest BCUT2D eigenvalue weighted by Gasteiger charge is -2.07. The maximum absolute atomic E-state index is 6.20. The Hall–Kier alpha value is -2.97. The molecule has 3 aromatic rings. The largest absolute Gasteiger partial charge is 0.228 e. The van der Waals surface area contributed by atoms with Crippen LogP contribution in [0.25, 0.3) is 28.2 Å². The molecule has 0 atom stereocenters. The molecule has 0 N–H and O–H groups in total. The first-order valence-corrected chi connectivity index (χ1v) is 8.58. The SMILES string of the molecule is C=C.C=C/C(=C\C)c1ccc(-c2nc(Cl)cc(-c3ccccc3)n2)cc1. The molecule has 0 aliphatic rings. The van der Waals surface area contributed by atoms with Gasteiger partial charge in [0, 0.05) is 17.2 Å². The first kappa shape index (κ1) is 19.4. The second-order valence-electron chi connectivity index (χ2n) is 5.29. The van der Waals surface area contributed by atoms with E-state index in [1.165, 1.54) is 0 Å². The number of allylic oxidation sites excluding steroid dienone is 3. The van der Waals surface area contributed by atoms with Gasteiger partial charge in [-0.3, -0.25) is 0 Å². The topological polar surface area (TPSA) is 25.8 Å². The highest BCUT2D eigenvalue weighted by atomic mass is 35.5. The van der Waals surface area contributed by atoms with Crippen LogP contribution in [0.2, 0.25) is 5.15 Å². The van der Waals surface area contributed by atoms with Crippen LogP contribution in [-0.2, 0) is 0 Å². The highest BCUT2D eigenvalue weighted by molar-refractivity contribution is 6.29. The highest BCUT2D eigenvalue weighted by Gasteiger charge is 2.08. The van der Waals surface area contributed by atoms with Gasteiger partial charge < -0.3 is 0 Å². The number of hydrogen-bond acceptors (Lipinski definition) is 2. The van der Waals surface area contributed by atoms with Gasteiger partial charge in [0.25, 0.3) is 0 Å². The van der Waals surface area contributed by atoms with E-state index in [9.17, 15) is 0 Å². The lowest BCUT2D eigenvalue weighted by atomic mass is 10.0. The van der Waals surface area contributed by atoms with Crippen LogP contribution in [0, 0.1) is 0 Å². The van der Waals surface area contributed by atoms with Gasteiger partial charge in [-0.2, -0.15) is 0 Å². The molecule has 26 heavy (non-hydrogen) atoms. The van der Waals surface area contributed by atoms with Crippen LogP contribution in [0.4, 0.5) is 0 Å². The molecule has 3 rings (SSSR count). The third-order valence-electron chi connectivity index (χ3n) is 3.77. The molecule has 0 saturated carbocycles. The van der Waals surface area contributed by atoms with Gasteiger partial charge in [0.15, 0.2) is 5.82 Å². The highest BCUT2D eigenvalue weighted by Crippen LogP contribution is 2.25. The number of nitrogens with zero attached hydrogens (tertiary/aromatic N) is 2. The summed E-state index contributed by atoms with van der Waals surface area (Å²) >= 11 is 6.20. The molecule has 2 aromatic carbocycles. The molecule has 0 aliphatic heterocycles. The van der Waals surface area contributed by atoms with Gasteiger partial charge in [-0.15, -0.1) is 13.2 Å². The van der Waals surface area contributed by atoms with Gasteiger partial charge in [0.05, 0.1) is 5.69 Å². The monoisotopic (exact) mass is 360 g/mol. The summed E-state index contributed by atoms with van der Waals surface area (Å²) in [5, 5.41) is 0.433. The molecule has 0 radical (unpaired) electrons. The van der Waals surface area contributed by atoms with Crippen LogP contribution in [-0.4, -0.2) is 9.97 Å². The van der Waals surface area contributed by atoms with E-state index >= 15 is 0 Å². The zero-order valence-corrected chi connectivity index (χ0v) is 15.6. The molecule has 1 aromatic heterocycles. The number of rotatable bonds is 4. The second-order valence-corrected chi connectivity index (χ2v) is 5.68. The third-order valence-corrected chi connectivity index (χ3v) is 3.97. The fraction of sp³-hybridized carbons (Fsp3) is 0.0435. The zero-order valence-electron chi connectivity index (χ0n) is 14.8. The van der Waals surface area contributed by atoms with Crippen molar-refractivity contribution in [1.29, 1.82) is 0 Å². The van der Waals surface area contributed by atoms with Crippen molar-refractivity contribution in [3.8, 4) is 22.6 Å². The molecular weight excluding hydrogens is 340 g/mol. The van der Waals surface area contributed by atoms with Gasteiger partial charge in [-0.1, -0.05) is 84.9 Å². The molecule has 0 unspecified atom stereocenters. The molecule has 2 nitrogen and oxygen atoms in total. The maximum Gasteiger partial charge on any atom is 0.161 e. The summed E-state index contributed by atoms with van der Waals surface area (Å²) in [6, 6.07) is 19.8. The summed E-state index contributed by atoms with van der Waals surface area (Å²) < 4.78 is 0. The smallest absolute Gasteiger partial charge is 0.161 e. The van der Waals surface area contributed by atoms with Gasteiger partial charge >= 0.3 is 0 Å². The van der Waals surface area contributed by atoms with E-state index in [0.717, 1.165) is 28.0 Å². The molecule has 0 spiro atoms. The second kappa shape index (κ2) is 9.50. The quantitative estimate of drug-likeness (QED) is 0.288. The standard InChI is InChI=1S/C21H17ClN2.C2H4/c1-3-15(4-2)16-10-12-18(13-11-16)21-23-19(14-20(22)24-21)17-8-6-5-7-9-17;1-2/h3-14H,1H2,2H3;1-2H2/b15-4+;. The summed E-state index contributed by atoms with van der Waals surface area (Å²) in [5.74, 6) is 0.619. The fourth-order valence-electron chi connectivity index (χ4n) is 2.52. The number of benzene rings is 2. The maximum atomic E-state index is 6.20. The van der Waals surface area contributed by atoms with Gasteiger partial charge in [0.1, 0.15) is 5.15 Å². The van der Waals surface area contributed by atoms with Crippen molar-refractivity contribution >= 4 is 17.2 Å². The Bertz CT molecular complexity index is 897. The first-order valence-electron chi connectivity index (χ1n) is 8.21. The van der Waals surface area contributed by atoms with Crippen molar-refractivity contribution in [3.05, 3.63) is 103 Å². The summed E-state index contributed by atoms with van der Waals surface area (Å²) in [4.78, 5) is 9.02. The van der Waals surface area contributed by atoms with Crippen LogP contribution < -0.4 is 0 Å². The van der Waals surface area contributed by atoms with Gasteiger partial charge in [0.2, 0.25) is 0 Å². The number of aromatic nitrogens is 2. The Morgan fingerprint density at radius 2 is 1.58 bits per heavy atom. The average molecular weight is 361 g/mol. The van der Waals surface area contributed by atoms with Gasteiger partial charge in [-0.25, -0.2) is 9.97 Å². The first-order chi connectivity index (χ1) is 12.7. The minimum Gasteiger partial charge on any atom is -0.228 e. The third kappa shape index (κ3) is 4.56. The normalized spacial score (nSPS) is 10.6. The van der Waals surface area contributed by atoms with Crippen molar-refractivity contribution in [3.63, 3.8) is 0 Å². The van der Waals surface area contributed by atoms with Crippen LogP contribution in [0.3, 0.4) is 0 Å². The molecule has 0 saturated heterocycles. The molecule has 0 amide bonds. The minimum absolute atomic E-state index is 0.433. The molecule has 3 heteroatoms. The predicted molar refractivity (Wildman–Crippen MR) is 113 cm³/mol. The average Bonchev–Trinajstić information content (AvgIpc) is 2.71. The Kier molecular flexibility index (Phi) is 7.07. The van der Waals surface area contributed by atoms with Crippen LogP contribution in [0.15, 0.2) is 92.6 Å². The lowest BCUT2D eigenvalue weighted by molar-refractivity contribution is 1.18. The zero-order chi connectivity index (χ0) is 18.9. The minimum atomic E-state index is 0.433. The number of halogens is 1. The van der Waals surface area contributed by atoms with E-state index < -0.39 is 0 Å². The van der Waals surface area contributed by atoms with E-state index in [2.05, 4.69) is 29.7 Å². The van der Waals surface area contributed by atoms with Crippen LogP contribution >= 0.6 is 11.6 Å². The van der Waals surface area contributed by atoms with Crippen LogP contribution in [0.1, 0.15) is 12.5 Å². The summed E-state index contributed by atoms with van der Waals surface area (Å²) in [6.07, 6.45) is 3.88.